The summed E-state index contributed by atoms with van der Waals surface area (Å²) in [5.41, 5.74) is 0. The maximum Gasteiger partial charge on any atom is 0.239 e. The fourth-order valence-corrected chi connectivity index (χ4v) is 1.10. The summed E-state index contributed by atoms with van der Waals surface area (Å²) < 4.78 is 4.92. The highest BCUT2D eigenvalue weighted by Gasteiger charge is 2.27. The summed E-state index contributed by atoms with van der Waals surface area (Å²) in [6.45, 7) is 0.862. The highest BCUT2D eigenvalue weighted by molar-refractivity contribution is 6.27. The number of nitrogens with zero attached hydrogens (tertiary/aromatic N) is 1. The summed E-state index contributed by atoms with van der Waals surface area (Å²) in [6.07, 6.45) is -0.126. The molecule has 5 heteroatoms. The molecule has 1 aliphatic rings. The monoisotopic (exact) mass is 177 g/mol. The minimum absolute atomic E-state index is 0.103. The van der Waals surface area contributed by atoms with Crippen molar-refractivity contribution in [2.45, 2.75) is 6.23 Å². The minimum Gasteiger partial charge on any atom is -0.349 e. The van der Waals surface area contributed by atoms with Crippen molar-refractivity contribution in [3.05, 3.63) is 0 Å². The van der Waals surface area contributed by atoms with E-state index in [1.807, 2.05) is 0 Å². The van der Waals surface area contributed by atoms with E-state index < -0.39 is 6.23 Å². The molecule has 1 unspecified atom stereocenters. The van der Waals surface area contributed by atoms with Gasteiger partial charge in [0.15, 0.2) is 12.5 Å². The lowest BCUT2D eigenvalue weighted by Gasteiger charge is -2.16. The average molecular weight is 178 g/mol. The number of amides is 1. The van der Waals surface area contributed by atoms with Crippen LogP contribution in [0.25, 0.3) is 0 Å². The van der Waals surface area contributed by atoms with Crippen LogP contribution in [-0.2, 0) is 14.3 Å². The predicted molar refractivity (Wildman–Crippen MR) is 38.2 cm³/mol. The van der Waals surface area contributed by atoms with Crippen molar-refractivity contribution < 1.29 is 14.3 Å². The summed E-state index contributed by atoms with van der Waals surface area (Å²) in [6, 6.07) is 0. The Bertz CT molecular complexity index is 173. The van der Waals surface area contributed by atoms with Crippen LogP contribution in [0.4, 0.5) is 0 Å². The lowest BCUT2D eigenvalue weighted by atomic mass is 10.5. The Morgan fingerprint density at radius 2 is 2.55 bits per heavy atom. The molecule has 62 valence electrons. The van der Waals surface area contributed by atoms with E-state index in [2.05, 4.69) is 0 Å². The lowest BCUT2D eigenvalue weighted by molar-refractivity contribution is -0.138. The zero-order valence-electron chi connectivity index (χ0n) is 5.83. The number of carbonyl (C=O) groups excluding carboxylic acids is 2. The molecule has 0 radical (unpaired) electrons. The molecule has 11 heavy (non-hydrogen) atoms. The van der Waals surface area contributed by atoms with Gasteiger partial charge in [0.2, 0.25) is 5.91 Å². The molecule has 1 aliphatic heterocycles. The SMILES string of the molecule is O=CC1OCCN1C(=O)CCl. The van der Waals surface area contributed by atoms with Crippen molar-refractivity contribution in [2.24, 2.45) is 0 Å². The first-order valence-corrected chi connectivity index (χ1v) is 3.75. The molecule has 1 saturated heterocycles. The van der Waals surface area contributed by atoms with Gasteiger partial charge in [-0.15, -0.1) is 11.6 Å². The number of aldehydes is 1. The van der Waals surface area contributed by atoms with Gasteiger partial charge in [0.05, 0.1) is 6.61 Å². The second kappa shape index (κ2) is 3.69. The Hall–Kier alpha value is -0.610. The second-order valence-electron chi connectivity index (χ2n) is 2.12. The van der Waals surface area contributed by atoms with E-state index in [1.54, 1.807) is 0 Å². The van der Waals surface area contributed by atoms with Crippen molar-refractivity contribution in [3.8, 4) is 0 Å². The van der Waals surface area contributed by atoms with Crippen LogP contribution < -0.4 is 0 Å². The van der Waals surface area contributed by atoms with Crippen LogP contribution in [0.15, 0.2) is 0 Å². The fraction of sp³-hybridized carbons (Fsp3) is 0.667. The number of carbonyl (C=O) groups is 2. The summed E-state index contributed by atoms with van der Waals surface area (Å²) in [4.78, 5) is 22.5. The Balaban J connectivity index is 2.56. The number of rotatable bonds is 2. The van der Waals surface area contributed by atoms with Gasteiger partial charge < -0.3 is 9.64 Å². The summed E-state index contributed by atoms with van der Waals surface area (Å²) in [7, 11) is 0. The van der Waals surface area contributed by atoms with E-state index in [0.29, 0.717) is 19.4 Å². The molecule has 1 rings (SSSR count). The van der Waals surface area contributed by atoms with E-state index in [4.69, 9.17) is 16.3 Å². The first-order valence-electron chi connectivity index (χ1n) is 3.22. The number of halogens is 1. The Morgan fingerprint density at radius 3 is 3.09 bits per heavy atom. The molecule has 1 fully saturated rings. The van der Waals surface area contributed by atoms with Gasteiger partial charge in [-0.05, 0) is 0 Å². The van der Waals surface area contributed by atoms with Crippen LogP contribution in [0, 0.1) is 0 Å². The third-order valence-electron chi connectivity index (χ3n) is 1.48. The fourth-order valence-electron chi connectivity index (χ4n) is 0.945. The molecular formula is C6H8ClNO3. The largest absolute Gasteiger partial charge is 0.349 e. The molecule has 0 aromatic heterocycles. The smallest absolute Gasteiger partial charge is 0.239 e. The molecule has 0 aromatic rings. The molecule has 0 aromatic carbocycles. The predicted octanol–water partition coefficient (Wildman–Crippen LogP) is -0.391. The van der Waals surface area contributed by atoms with E-state index >= 15 is 0 Å². The lowest BCUT2D eigenvalue weighted by Crippen LogP contribution is -2.37. The van der Waals surface area contributed by atoms with Gasteiger partial charge in [-0.2, -0.15) is 0 Å². The van der Waals surface area contributed by atoms with Crippen LogP contribution in [0.1, 0.15) is 0 Å². The Kier molecular flexibility index (Phi) is 2.84. The first kappa shape index (κ1) is 8.49. The number of alkyl halides is 1. The van der Waals surface area contributed by atoms with Crippen LogP contribution in [-0.4, -0.2) is 42.4 Å². The molecule has 1 atom stereocenters. The van der Waals surface area contributed by atoms with E-state index in [9.17, 15) is 9.59 Å². The van der Waals surface area contributed by atoms with Crippen LogP contribution in [0.2, 0.25) is 0 Å². The van der Waals surface area contributed by atoms with Crippen LogP contribution >= 0.6 is 11.6 Å². The van der Waals surface area contributed by atoms with Crippen molar-refractivity contribution in [3.63, 3.8) is 0 Å². The molecule has 0 N–H and O–H groups in total. The molecule has 1 amide bonds. The molecule has 0 aliphatic carbocycles. The third-order valence-corrected chi connectivity index (χ3v) is 1.71. The molecule has 0 spiro atoms. The number of hydrogen-bond acceptors (Lipinski definition) is 3. The molecule has 1 heterocycles. The zero-order valence-corrected chi connectivity index (χ0v) is 6.58. The van der Waals surface area contributed by atoms with Gasteiger partial charge in [-0.1, -0.05) is 0 Å². The molecule has 4 nitrogen and oxygen atoms in total. The second-order valence-corrected chi connectivity index (χ2v) is 2.39. The average Bonchev–Trinajstić information content (AvgIpc) is 2.50. The van der Waals surface area contributed by atoms with Crippen molar-refractivity contribution >= 4 is 23.8 Å². The van der Waals surface area contributed by atoms with Crippen molar-refractivity contribution in [1.82, 2.24) is 4.90 Å². The highest BCUT2D eigenvalue weighted by atomic mass is 35.5. The van der Waals surface area contributed by atoms with Gasteiger partial charge in [-0.3, -0.25) is 9.59 Å². The molecule has 0 bridgehead atoms. The van der Waals surface area contributed by atoms with Crippen LogP contribution in [0.5, 0.6) is 0 Å². The quantitative estimate of drug-likeness (QED) is 0.426. The normalized spacial score (nSPS) is 23.7. The molecule has 0 saturated carbocycles. The van der Waals surface area contributed by atoms with Gasteiger partial charge in [-0.25, -0.2) is 0 Å². The van der Waals surface area contributed by atoms with Gasteiger partial charge >= 0.3 is 0 Å². The zero-order chi connectivity index (χ0) is 8.27. The van der Waals surface area contributed by atoms with Gasteiger partial charge in [0.1, 0.15) is 5.88 Å². The first-order chi connectivity index (χ1) is 5.29. The standard InChI is InChI=1S/C6H8ClNO3/c7-3-5(10)8-1-2-11-6(8)4-9/h4,6H,1-3H2. The van der Waals surface area contributed by atoms with E-state index in [0.717, 1.165) is 0 Å². The van der Waals surface area contributed by atoms with Gasteiger partial charge in [0, 0.05) is 6.54 Å². The third kappa shape index (κ3) is 1.70. The van der Waals surface area contributed by atoms with Crippen molar-refractivity contribution in [2.75, 3.05) is 19.0 Å². The summed E-state index contributed by atoms with van der Waals surface area (Å²) in [5.74, 6) is -0.366. The number of hydrogen-bond donors (Lipinski definition) is 0. The van der Waals surface area contributed by atoms with Crippen molar-refractivity contribution in [1.29, 1.82) is 0 Å². The Labute approximate surface area is 69.1 Å². The molecular weight excluding hydrogens is 170 g/mol. The van der Waals surface area contributed by atoms with Crippen LogP contribution in [0.3, 0.4) is 0 Å². The van der Waals surface area contributed by atoms with E-state index in [1.165, 1.54) is 4.90 Å². The summed E-state index contributed by atoms with van der Waals surface area (Å²) >= 11 is 5.29. The summed E-state index contributed by atoms with van der Waals surface area (Å²) in [5, 5.41) is 0. The maximum atomic E-state index is 10.9. The van der Waals surface area contributed by atoms with Gasteiger partial charge in [0.25, 0.3) is 0 Å². The Morgan fingerprint density at radius 1 is 1.82 bits per heavy atom. The van der Waals surface area contributed by atoms with E-state index in [-0.39, 0.29) is 11.8 Å². The highest BCUT2D eigenvalue weighted by Crippen LogP contribution is 2.07. The maximum absolute atomic E-state index is 10.9. The minimum atomic E-state index is -0.721. The topological polar surface area (TPSA) is 46.6 Å². The number of ether oxygens (including phenoxy) is 1.